The van der Waals surface area contributed by atoms with E-state index in [2.05, 4.69) is 9.47 Å². The summed E-state index contributed by atoms with van der Waals surface area (Å²) in [6.45, 7) is 3.45. The van der Waals surface area contributed by atoms with Crippen LogP contribution in [0.25, 0.3) is 0 Å². The number of rotatable bonds is 3. The van der Waals surface area contributed by atoms with Crippen molar-refractivity contribution in [1.82, 2.24) is 0 Å². The summed E-state index contributed by atoms with van der Waals surface area (Å²) in [5.74, 6) is -0.663. The summed E-state index contributed by atoms with van der Waals surface area (Å²) in [4.78, 5) is 21.3. The van der Waals surface area contributed by atoms with Gasteiger partial charge >= 0.3 is 12.1 Å². The summed E-state index contributed by atoms with van der Waals surface area (Å²) in [7, 11) is 0. The van der Waals surface area contributed by atoms with Gasteiger partial charge in [0, 0.05) is 6.04 Å². The van der Waals surface area contributed by atoms with Gasteiger partial charge < -0.3 is 15.2 Å². The molecule has 0 saturated heterocycles. The Kier molecular flexibility index (Phi) is 5.03. The van der Waals surface area contributed by atoms with Gasteiger partial charge in [0.25, 0.3) is 0 Å². The van der Waals surface area contributed by atoms with Crippen LogP contribution in [0.3, 0.4) is 0 Å². The molecule has 0 rings (SSSR count). The molecule has 2 N–H and O–H groups in total. The first kappa shape index (κ1) is 10.9. The van der Waals surface area contributed by atoms with Gasteiger partial charge in [-0.25, -0.2) is 4.79 Å². The van der Waals surface area contributed by atoms with Gasteiger partial charge in [-0.3, -0.25) is 4.79 Å². The molecule has 1 unspecified atom stereocenters. The predicted molar refractivity (Wildman–Crippen MR) is 41.4 cm³/mol. The number of carbonyl (C=O) groups is 2. The molecule has 0 aromatic carbocycles. The van der Waals surface area contributed by atoms with E-state index in [1.165, 1.54) is 0 Å². The number of carbonyl (C=O) groups excluding carboxylic acids is 2. The summed E-state index contributed by atoms with van der Waals surface area (Å²) in [6, 6.07) is -0.313. The monoisotopic (exact) mass is 175 g/mol. The smallest absolute Gasteiger partial charge is 0.434 e. The molecule has 0 aromatic heterocycles. The number of hydrogen-bond donors (Lipinski definition) is 1. The van der Waals surface area contributed by atoms with Crippen LogP contribution in [-0.4, -0.2) is 24.8 Å². The summed E-state index contributed by atoms with van der Waals surface area (Å²) in [5.41, 5.74) is 5.29. The van der Waals surface area contributed by atoms with Crippen molar-refractivity contribution < 1.29 is 19.1 Å². The molecule has 0 saturated carbocycles. The van der Waals surface area contributed by atoms with Gasteiger partial charge in [0.1, 0.15) is 0 Å². The average molecular weight is 175 g/mol. The molecule has 5 heteroatoms. The Hall–Kier alpha value is -1.10. The third kappa shape index (κ3) is 5.67. The highest BCUT2D eigenvalue weighted by atomic mass is 16.7. The lowest BCUT2D eigenvalue weighted by atomic mass is 10.3. The maximum atomic E-state index is 10.7. The number of ether oxygens (including phenoxy) is 2. The SMILES string of the molecule is CCOC(=O)OC(=O)CC(C)N. The van der Waals surface area contributed by atoms with E-state index in [0.717, 1.165) is 0 Å². The van der Waals surface area contributed by atoms with E-state index in [1.807, 2.05) is 0 Å². The molecule has 1 atom stereocenters. The minimum atomic E-state index is -0.969. The normalized spacial score (nSPS) is 11.9. The Bertz CT molecular complexity index is 167. The molecule has 0 aliphatic heterocycles. The predicted octanol–water partition coefficient (Wildman–Crippen LogP) is 0.423. The van der Waals surface area contributed by atoms with Crippen molar-refractivity contribution in [3.8, 4) is 0 Å². The lowest BCUT2D eigenvalue weighted by molar-refractivity contribution is -0.140. The fourth-order valence-electron chi connectivity index (χ4n) is 0.545. The second-order valence-electron chi connectivity index (χ2n) is 2.34. The number of nitrogens with two attached hydrogens (primary N) is 1. The lowest BCUT2D eigenvalue weighted by Gasteiger charge is -2.04. The fraction of sp³-hybridized carbons (Fsp3) is 0.714. The lowest BCUT2D eigenvalue weighted by Crippen LogP contribution is -2.23. The van der Waals surface area contributed by atoms with Gasteiger partial charge in [-0.1, -0.05) is 0 Å². The first-order valence-corrected chi connectivity index (χ1v) is 3.69. The highest BCUT2D eigenvalue weighted by Gasteiger charge is 2.12. The first-order valence-electron chi connectivity index (χ1n) is 3.69. The van der Waals surface area contributed by atoms with E-state index in [1.54, 1.807) is 13.8 Å². The quantitative estimate of drug-likeness (QED) is 0.497. The second-order valence-corrected chi connectivity index (χ2v) is 2.34. The molecular weight excluding hydrogens is 162 g/mol. The zero-order valence-electron chi connectivity index (χ0n) is 7.20. The molecule has 0 spiro atoms. The van der Waals surface area contributed by atoms with Gasteiger partial charge in [-0.15, -0.1) is 0 Å². The van der Waals surface area contributed by atoms with Crippen molar-refractivity contribution in [1.29, 1.82) is 0 Å². The summed E-state index contributed by atoms with van der Waals surface area (Å²) in [6.07, 6.45) is -0.957. The molecule has 0 bridgehead atoms. The summed E-state index contributed by atoms with van der Waals surface area (Å²) >= 11 is 0. The van der Waals surface area contributed by atoms with Crippen LogP contribution in [0.15, 0.2) is 0 Å². The molecule has 0 radical (unpaired) electrons. The molecule has 0 heterocycles. The minimum absolute atomic E-state index is 0.0127. The average Bonchev–Trinajstić information content (AvgIpc) is 1.84. The maximum Gasteiger partial charge on any atom is 0.516 e. The molecule has 12 heavy (non-hydrogen) atoms. The van der Waals surface area contributed by atoms with Crippen LogP contribution < -0.4 is 5.73 Å². The van der Waals surface area contributed by atoms with Crippen LogP contribution in [-0.2, 0) is 14.3 Å². The van der Waals surface area contributed by atoms with Gasteiger partial charge in [0.2, 0.25) is 0 Å². The molecule has 5 nitrogen and oxygen atoms in total. The fourth-order valence-corrected chi connectivity index (χ4v) is 0.545. The number of esters is 1. The minimum Gasteiger partial charge on any atom is -0.434 e. The standard InChI is InChI=1S/C7H13NO4/c1-3-11-7(10)12-6(9)4-5(2)8/h5H,3-4,8H2,1-2H3. The largest absolute Gasteiger partial charge is 0.516 e. The summed E-state index contributed by atoms with van der Waals surface area (Å²) < 4.78 is 8.59. The molecule has 0 aliphatic carbocycles. The first-order chi connectivity index (χ1) is 5.56. The van der Waals surface area contributed by atoms with Crippen molar-refractivity contribution in [3.63, 3.8) is 0 Å². The van der Waals surface area contributed by atoms with E-state index < -0.39 is 12.1 Å². The highest BCUT2D eigenvalue weighted by molar-refractivity contribution is 5.82. The topological polar surface area (TPSA) is 78.6 Å². The van der Waals surface area contributed by atoms with Crippen LogP contribution in [0.2, 0.25) is 0 Å². The second kappa shape index (κ2) is 5.54. The van der Waals surface area contributed by atoms with Gasteiger partial charge in [-0.05, 0) is 13.8 Å². The summed E-state index contributed by atoms with van der Waals surface area (Å²) in [5, 5.41) is 0. The molecule has 70 valence electrons. The van der Waals surface area contributed by atoms with Crippen LogP contribution in [0.4, 0.5) is 4.79 Å². The van der Waals surface area contributed by atoms with Crippen molar-refractivity contribution in [2.45, 2.75) is 26.3 Å². The van der Waals surface area contributed by atoms with Gasteiger partial charge in [-0.2, -0.15) is 0 Å². The zero-order chi connectivity index (χ0) is 9.56. The Balaban J connectivity index is 3.62. The van der Waals surface area contributed by atoms with Crippen LogP contribution >= 0.6 is 0 Å². The van der Waals surface area contributed by atoms with Crippen LogP contribution in [0, 0.1) is 0 Å². The van der Waals surface area contributed by atoms with E-state index in [4.69, 9.17) is 5.73 Å². The Morgan fingerprint density at radius 2 is 2.08 bits per heavy atom. The Labute approximate surface area is 70.8 Å². The van der Waals surface area contributed by atoms with E-state index in [0.29, 0.717) is 0 Å². The van der Waals surface area contributed by atoms with E-state index in [9.17, 15) is 9.59 Å². The molecule has 0 aliphatic rings. The molecule has 0 aromatic rings. The highest BCUT2D eigenvalue weighted by Crippen LogP contribution is 1.93. The van der Waals surface area contributed by atoms with Crippen LogP contribution in [0.5, 0.6) is 0 Å². The van der Waals surface area contributed by atoms with Gasteiger partial charge in [0.15, 0.2) is 0 Å². The number of hydrogen-bond acceptors (Lipinski definition) is 5. The maximum absolute atomic E-state index is 10.7. The third-order valence-electron chi connectivity index (χ3n) is 0.948. The Morgan fingerprint density at radius 1 is 1.50 bits per heavy atom. The molecule has 0 amide bonds. The molecular formula is C7H13NO4. The van der Waals surface area contributed by atoms with E-state index >= 15 is 0 Å². The Morgan fingerprint density at radius 3 is 2.50 bits per heavy atom. The molecule has 0 fully saturated rings. The van der Waals surface area contributed by atoms with Crippen molar-refractivity contribution in [2.75, 3.05) is 6.61 Å². The third-order valence-corrected chi connectivity index (χ3v) is 0.948. The van der Waals surface area contributed by atoms with Crippen molar-refractivity contribution >= 4 is 12.1 Å². The van der Waals surface area contributed by atoms with Gasteiger partial charge in [0.05, 0.1) is 13.0 Å². The van der Waals surface area contributed by atoms with Crippen molar-refractivity contribution in [2.24, 2.45) is 5.73 Å². The van der Waals surface area contributed by atoms with Crippen molar-refractivity contribution in [3.05, 3.63) is 0 Å². The van der Waals surface area contributed by atoms with Crippen LogP contribution in [0.1, 0.15) is 20.3 Å². The zero-order valence-corrected chi connectivity index (χ0v) is 7.20. The van der Waals surface area contributed by atoms with E-state index in [-0.39, 0.29) is 19.1 Å².